The third-order valence-electron chi connectivity index (χ3n) is 17.5. The minimum Gasteiger partial charge on any atom is -0.309 e. The monoisotopic (exact) mass is 1080 g/mol. The van der Waals surface area contributed by atoms with Crippen LogP contribution < -0.4 is 0 Å². The highest BCUT2D eigenvalue weighted by Gasteiger charge is 2.20. The topological polar surface area (TPSA) is 4.93 Å². The Morgan fingerprint density at radius 2 is 0.435 bits per heavy atom. The van der Waals surface area contributed by atoms with Gasteiger partial charge in [0.1, 0.15) is 0 Å². The van der Waals surface area contributed by atoms with Gasteiger partial charge >= 0.3 is 0 Å². The average Bonchev–Trinajstić information content (AvgIpc) is 1.92. The lowest BCUT2D eigenvalue weighted by molar-refractivity contribution is 1.20. The average molecular weight is 1080 g/mol. The highest BCUT2D eigenvalue weighted by Crippen LogP contribution is 2.44. The van der Waals surface area contributed by atoms with Gasteiger partial charge in [0.25, 0.3) is 0 Å². The molecule has 1 heteroatoms. The summed E-state index contributed by atoms with van der Waals surface area (Å²) in [5.41, 5.74) is 25.2. The van der Waals surface area contributed by atoms with E-state index in [0.717, 1.165) is 5.69 Å². The Hall–Kier alpha value is -11.1. The third kappa shape index (κ3) is 9.07. The van der Waals surface area contributed by atoms with Crippen LogP contribution in [0.1, 0.15) is 0 Å². The van der Waals surface area contributed by atoms with Gasteiger partial charge in [-0.2, -0.15) is 0 Å². The maximum Gasteiger partial charge on any atom is 0.0541 e. The number of benzene rings is 15. The third-order valence-corrected chi connectivity index (χ3v) is 17.5. The minimum atomic E-state index is 1.16. The summed E-state index contributed by atoms with van der Waals surface area (Å²) in [6.45, 7) is 0. The number of aromatic nitrogens is 1. The Kier molecular flexibility index (Phi) is 12.3. The second kappa shape index (κ2) is 21.0. The highest BCUT2D eigenvalue weighted by atomic mass is 15.0. The fourth-order valence-electron chi connectivity index (χ4n) is 13.0. The first kappa shape index (κ1) is 49.7. The SMILES string of the molecule is c1ccc(-c2ccc(-c3ccc(-c4ccc(-c5ccc6c(c5)c5cc(-c7ccc(-c8ccc(-c9ccc(-c%10ccccc%10)cc9)cc8)cc7)ccc5n6-c5ccc(-c6cc7ccccc7c7ccccc67)c6ccccc56)cc4)cc3)cc2)cc1. The van der Waals surface area contributed by atoms with Crippen LogP contribution in [0, 0.1) is 0 Å². The zero-order valence-corrected chi connectivity index (χ0v) is 46.7. The smallest absolute Gasteiger partial charge is 0.0541 e. The van der Waals surface area contributed by atoms with Gasteiger partial charge < -0.3 is 4.57 Å². The molecule has 1 aromatic heterocycles. The number of hydrogen-bond donors (Lipinski definition) is 0. The predicted molar refractivity (Wildman–Crippen MR) is 362 cm³/mol. The van der Waals surface area contributed by atoms with Gasteiger partial charge in [-0.1, -0.05) is 297 Å². The van der Waals surface area contributed by atoms with Crippen molar-refractivity contribution in [3.63, 3.8) is 0 Å². The molecule has 0 radical (unpaired) electrons. The van der Waals surface area contributed by atoms with Gasteiger partial charge in [-0.15, -0.1) is 0 Å². The molecule has 0 fully saturated rings. The van der Waals surface area contributed by atoms with E-state index in [0.29, 0.717) is 0 Å². The van der Waals surface area contributed by atoms with E-state index in [1.165, 1.54) is 154 Å². The highest BCUT2D eigenvalue weighted by molar-refractivity contribution is 6.18. The van der Waals surface area contributed by atoms with Crippen LogP contribution >= 0.6 is 0 Å². The van der Waals surface area contributed by atoms with Crippen LogP contribution in [0.2, 0.25) is 0 Å². The second-order valence-electron chi connectivity index (χ2n) is 22.4. The zero-order chi connectivity index (χ0) is 56.2. The van der Waals surface area contributed by atoms with Crippen molar-refractivity contribution in [1.29, 1.82) is 0 Å². The van der Waals surface area contributed by atoms with Crippen LogP contribution in [0.25, 0.3) is 160 Å². The van der Waals surface area contributed by atoms with Gasteiger partial charge in [0.15, 0.2) is 0 Å². The Bertz CT molecular complexity index is 4910. The summed E-state index contributed by atoms with van der Waals surface area (Å²) in [5, 5.41) is 9.91. The Morgan fingerprint density at radius 1 is 0.153 bits per heavy atom. The summed E-state index contributed by atoms with van der Waals surface area (Å²) in [6, 6.07) is 123. The molecular weight excluding hydrogens is 1020 g/mol. The van der Waals surface area contributed by atoms with Gasteiger partial charge in [-0.25, -0.2) is 0 Å². The predicted octanol–water partition coefficient (Wildman–Crippen LogP) is 23.2. The molecule has 1 nitrogen and oxygen atoms in total. The summed E-state index contributed by atoms with van der Waals surface area (Å²) in [7, 11) is 0. The second-order valence-corrected chi connectivity index (χ2v) is 22.4. The van der Waals surface area contributed by atoms with Crippen molar-refractivity contribution in [3.8, 4) is 106 Å². The van der Waals surface area contributed by atoms with Crippen molar-refractivity contribution in [1.82, 2.24) is 4.57 Å². The molecule has 0 saturated carbocycles. The molecule has 396 valence electrons. The lowest BCUT2D eigenvalue weighted by atomic mass is 9.90. The van der Waals surface area contributed by atoms with Crippen LogP contribution in [-0.2, 0) is 0 Å². The molecule has 1 heterocycles. The molecule has 0 atom stereocenters. The van der Waals surface area contributed by atoms with Crippen molar-refractivity contribution in [2.24, 2.45) is 0 Å². The van der Waals surface area contributed by atoms with E-state index < -0.39 is 0 Å². The van der Waals surface area contributed by atoms with E-state index in [9.17, 15) is 0 Å². The minimum absolute atomic E-state index is 1.16. The Morgan fingerprint density at radius 3 is 0.824 bits per heavy atom. The van der Waals surface area contributed by atoms with Gasteiger partial charge in [-0.3, -0.25) is 0 Å². The van der Waals surface area contributed by atoms with Crippen LogP contribution in [-0.4, -0.2) is 4.57 Å². The first-order valence-corrected chi connectivity index (χ1v) is 29.4. The number of nitrogens with zero attached hydrogens (tertiary/aromatic N) is 1. The van der Waals surface area contributed by atoms with Gasteiger partial charge in [0.2, 0.25) is 0 Å². The first-order chi connectivity index (χ1) is 42.1. The van der Waals surface area contributed by atoms with Crippen molar-refractivity contribution >= 4 is 54.1 Å². The van der Waals surface area contributed by atoms with Gasteiger partial charge in [0.05, 0.1) is 16.7 Å². The summed E-state index contributed by atoms with van der Waals surface area (Å²) in [4.78, 5) is 0. The summed E-state index contributed by atoms with van der Waals surface area (Å²) in [5.74, 6) is 0. The zero-order valence-electron chi connectivity index (χ0n) is 46.7. The summed E-state index contributed by atoms with van der Waals surface area (Å²) < 4.78 is 2.50. The molecule has 16 aromatic rings. The first-order valence-electron chi connectivity index (χ1n) is 29.4. The van der Waals surface area contributed by atoms with Gasteiger partial charge in [-0.05, 0) is 163 Å². The molecule has 16 rings (SSSR count). The molecule has 0 unspecified atom stereocenters. The Labute approximate surface area is 495 Å². The van der Waals surface area contributed by atoms with Crippen molar-refractivity contribution in [3.05, 3.63) is 334 Å². The normalized spacial score (nSPS) is 11.5. The molecule has 15 aromatic carbocycles. The summed E-state index contributed by atoms with van der Waals surface area (Å²) in [6.07, 6.45) is 0. The van der Waals surface area contributed by atoms with E-state index in [1.54, 1.807) is 0 Å². The molecule has 0 spiro atoms. The standard InChI is InChI=1S/C84H55N/c1-3-13-56(14-4-1)58-23-27-60(28-24-58)62-31-35-64(36-32-62)66-39-43-68(44-40-66)70-47-50-83-80(53-70)81-54-71(69-45-41-67(42-46-69)65-37-33-63(34-38-65)61-29-25-59(26-30-61)57-15-5-2-6-16-57)48-51-84(81)85(83)82-52-49-77(75-20-11-12-22-78(75)82)79-55-72-17-7-8-18-73(72)74-19-9-10-21-76(74)79/h1-55H. The van der Waals surface area contributed by atoms with E-state index in [-0.39, 0.29) is 0 Å². The molecular formula is C84H55N. The number of fused-ring (bicyclic) bond motifs is 7. The maximum atomic E-state index is 2.50. The molecule has 0 aliphatic heterocycles. The largest absolute Gasteiger partial charge is 0.309 e. The van der Waals surface area contributed by atoms with Gasteiger partial charge in [0, 0.05) is 16.2 Å². The van der Waals surface area contributed by atoms with Crippen LogP contribution in [0.15, 0.2) is 334 Å². The molecule has 0 amide bonds. The van der Waals surface area contributed by atoms with E-state index >= 15 is 0 Å². The van der Waals surface area contributed by atoms with Crippen molar-refractivity contribution in [2.45, 2.75) is 0 Å². The van der Waals surface area contributed by atoms with Crippen LogP contribution in [0.3, 0.4) is 0 Å². The molecule has 0 aliphatic rings. The fraction of sp³-hybridized carbons (Fsp3) is 0. The van der Waals surface area contributed by atoms with Crippen LogP contribution in [0.4, 0.5) is 0 Å². The Balaban J connectivity index is 0.758. The number of rotatable bonds is 10. The fourth-order valence-corrected chi connectivity index (χ4v) is 13.0. The lowest BCUT2D eigenvalue weighted by Gasteiger charge is -2.17. The molecule has 0 saturated heterocycles. The maximum absolute atomic E-state index is 2.50. The van der Waals surface area contributed by atoms with Crippen molar-refractivity contribution < 1.29 is 0 Å². The van der Waals surface area contributed by atoms with E-state index in [2.05, 4.69) is 338 Å². The quantitative estimate of drug-likeness (QED) is 0.120. The van der Waals surface area contributed by atoms with Crippen molar-refractivity contribution in [2.75, 3.05) is 0 Å². The number of hydrogen-bond acceptors (Lipinski definition) is 0. The van der Waals surface area contributed by atoms with E-state index in [1.807, 2.05) is 0 Å². The molecule has 0 aliphatic carbocycles. The van der Waals surface area contributed by atoms with E-state index in [4.69, 9.17) is 0 Å². The molecule has 0 bridgehead atoms. The molecule has 0 N–H and O–H groups in total. The van der Waals surface area contributed by atoms with Crippen LogP contribution in [0.5, 0.6) is 0 Å². The lowest BCUT2D eigenvalue weighted by Crippen LogP contribution is -1.97. The molecule has 85 heavy (non-hydrogen) atoms. The summed E-state index contributed by atoms with van der Waals surface area (Å²) >= 11 is 0.